The van der Waals surface area contributed by atoms with Gasteiger partial charge >= 0.3 is 0 Å². The lowest BCUT2D eigenvalue weighted by Crippen LogP contribution is -2.12. The Morgan fingerprint density at radius 1 is 0.917 bits per heavy atom. The van der Waals surface area contributed by atoms with Crippen molar-refractivity contribution in [1.82, 2.24) is 5.32 Å². The minimum atomic E-state index is 0.500. The predicted molar refractivity (Wildman–Crippen MR) is 60.6 cm³/mol. The van der Waals surface area contributed by atoms with Crippen molar-refractivity contribution >= 4 is 0 Å². The van der Waals surface area contributed by atoms with Gasteiger partial charge in [-0.05, 0) is 25.4 Å². The van der Waals surface area contributed by atoms with Crippen LogP contribution in [0.15, 0.2) is 0 Å². The summed E-state index contributed by atoms with van der Waals surface area (Å²) in [5.74, 6) is 0.799. The van der Waals surface area contributed by atoms with E-state index in [1.807, 2.05) is 27.9 Å². The molecule has 0 aromatic heterocycles. The van der Waals surface area contributed by atoms with E-state index in [1.54, 1.807) is 0 Å². The van der Waals surface area contributed by atoms with Gasteiger partial charge in [0.2, 0.25) is 0 Å². The molecule has 0 aromatic rings. The Bertz CT molecular complexity index is 59.9. The van der Waals surface area contributed by atoms with Gasteiger partial charge < -0.3 is 5.32 Å². The number of nitrogens with one attached hydrogen (secondary N) is 1. The molecule has 0 heterocycles. The molecule has 12 heavy (non-hydrogen) atoms. The summed E-state index contributed by atoms with van der Waals surface area (Å²) in [6.45, 7) is 15.3. The highest BCUT2D eigenvalue weighted by Gasteiger charge is 2.13. The van der Waals surface area contributed by atoms with E-state index in [0.717, 1.165) is 5.92 Å². The number of hydrogen-bond donors (Lipinski definition) is 1. The first-order valence-electron chi connectivity index (χ1n) is 4.94. The third-order valence-electron chi connectivity index (χ3n) is 1.73. The smallest absolute Gasteiger partial charge is 0.0167 e. The molecule has 0 saturated carbocycles. The molecule has 0 atom stereocenters. The lowest BCUT2D eigenvalue weighted by Gasteiger charge is -2.22. The normalized spacial score (nSPS) is 9.50. The lowest BCUT2D eigenvalue weighted by atomic mass is 9.84. The van der Waals surface area contributed by atoms with Gasteiger partial charge in [-0.3, -0.25) is 0 Å². The van der Waals surface area contributed by atoms with Crippen LogP contribution in [0.25, 0.3) is 0 Å². The van der Waals surface area contributed by atoms with Crippen molar-refractivity contribution in [3.63, 3.8) is 0 Å². The maximum absolute atomic E-state index is 2.75. The quantitative estimate of drug-likeness (QED) is 0.593. The van der Waals surface area contributed by atoms with Gasteiger partial charge in [-0.15, -0.1) is 0 Å². The van der Waals surface area contributed by atoms with E-state index >= 15 is 0 Å². The molecule has 0 fully saturated rings. The van der Waals surface area contributed by atoms with Crippen LogP contribution in [-0.2, 0) is 0 Å². The molecule has 0 aliphatic rings. The van der Waals surface area contributed by atoms with Crippen molar-refractivity contribution in [3.05, 3.63) is 0 Å². The number of hydrogen-bond acceptors (Lipinski definition) is 1. The van der Waals surface area contributed by atoms with E-state index in [1.165, 1.54) is 0 Å². The Hall–Kier alpha value is -0.0400. The average molecular weight is 175 g/mol. The Morgan fingerprint density at radius 3 is 1.00 bits per heavy atom. The molecule has 0 bridgehead atoms. The lowest BCUT2D eigenvalue weighted by molar-refractivity contribution is 0.283. The second-order valence-electron chi connectivity index (χ2n) is 4.02. The summed E-state index contributed by atoms with van der Waals surface area (Å²) < 4.78 is 0. The summed E-state index contributed by atoms with van der Waals surface area (Å²) in [4.78, 5) is 0. The molecule has 0 aromatic carbocycles. The first kappa shape index (κ1) is 17.9. The molecule has 0 rings (SSSR count). The van der Waals surface area contributed by atoms with Gasteiger partial charge in [-0.1, -0.05) is 48.5 Å². The summed E-state index contributed by atoms with van der Waals surface area (Å²) in [6, 6.07) is 0. The van der Waals surface area contributed by atoms with Crippen LogP contribution < -0.4 is 5.32 Å². The van der Waals surface area contributed by atoms with Crippen molar-refractivity contribution in [2.45, 2.75) is 48.5 Å². The molecular weight excluding hydrogens is 146 g/mol. The van der Waals surface area contributed by atoms with Gasteiger partial charge in [0.1, 0.15) is 0 Å². The zero-order valence-corrected chi connectivity index (χ0v) is 10.6. The maximum Gasteiger partial charge on any atom is -0.0167 e. The fourth-order valence-electron chi connectivity index (χ4n) is 0. The van der Waals surface area contributed by atoms with Gasteiger partial charge in [0.05, 0.1) is 0 Å². The van der Waals surface area contributed by atoms with Crippen molar-refractivity contribution in [2.24, 2.45) is 11.3 Å². The van der Waals surface area contributed by atoms with E-state index in [9.17, 15) is 0 Å². The average Bonchev–Trinajstić information content (AvgIpc) is 1.91. The summed E-state index contributed by atoms with van der Waals surface area (Å²) in [7, 11) is 3.75. The fourth-order valence-corrected chi connectivity index (χ4v) is 0. The van der Waals surface area contributed by atoms with E-state index < -0.39 is 0 Å². The van der Waals surface area contributed by atoms with E-state index in [4.69, 9.17) is 0 Å². The van der Waals surface area contributed by atoms with Crippen LogP contribution in [0.3, 0.4) is 0 Å². The standard InChI is InChI=1S/C7H16.C2H7N.C2H6/c1-6(2)7(3,4)5;1-3-2;1-2/h6H,1-5H3;3H,1-2H3;1-2H3. The van der Waals surface area contributed by atoms with Crippen LogP contribution in [0.1, 0.15) is 48.5 Å². The van der Waals surface area contributed by atoms with Gasteiger partial charge in [0.15, 0.2) is 0 Å². The number of rotatable bonds is 0. The molecule has 0 saturated heterocycles. The van der Waals surface area contributed by atoms with Crippen LogP contribution in [-0.4, -0.2) is 14.1 Å². The highest BCUT2D eigenvalue weighted by molar-refractivity contribution is 4.64. The zero-order valence-electron chi connectivity index (χ0n) is 10.6. The van der Waals surface area contributed by atoms with Crippen LogP contribution in [0, 0.1) is 11.3 Å². The van der Waals surface area contributed by atoms with Gasteiger partial charge in [-0.2, -0.15) is 0 Å². The van der Waals surface area contributed by atoms with Crippen LogP contribution >= 0.6 is 0 Å². The second-order valence-corrected chi connectivity index (χ2v) is 4.02. The minimum Gasteiger partial charge on any atom is -0.323 e. The largest absolute Gasteiger partial charge is 0.323 e. The van der Waals surface area contributed by atoms with Gasteiger partial charge in [0.25, 0.3) is 0 Å². The monoisotopic (exact) mass is 175 g/mol. The first-order chi connectivity index (χ1) is 5.36. The fraction of sp³-hybridized carbons (Fsp3) is 1.00. The van der Waals surface area contributed by atoms with Crippen LogP contribution in [0.4, 0.5) is 0 Å². The molecule has 0 radical (unpaired) electrons. The molecule has 1 heteroatoms. The van der Waals surface area contributed by atoms with E-state index in [0.29, 0.717) is 5.41 Å². The summed E-state index contributed by atoms with van der Waals surface area (Å²) in [5.41, 5.74) is 0.500. The summed E-state index contributed by atoms with van der Waals surface area (Å²) in [6.07, 6.45) is 0. The van der Waals surface area contributed by atoms with Crippen molar-refractivity contribution in [3.8, 4) is 0 Å². The first-order valence-corrected chi connectivity index (χ1v) is 4.94. The predicted octanol–water partition coefficient (Wildman–Crippen LogP) is 3.55. The van der Waals surface area contributed by atoms with Crippen molar-refractivity contribution in [1.29, 1.82) is 0 Å². The van der Waals surface area contributed by atoms with Crippen molar-refractivity contribution < 1.29 is 0 Å². The molecule has 1 N–H and O–H groups in total. The molecule has 0 aliphatic heterocycles. The Balaban J connectivity index is -0.000000137. The molecule has 78 valence electrons. The molecule has 1 nitrogen and oxygen atoms in total. The highest BCUT2D eigenvalue weighted by Crippen LogP contribution is 2.23. The molecule has 0 amide bonds. The topological polar surface area (TPSA) is 12.0 Å². The third-order valence-corrected chi connectivity index (χ3v) is 1.73. The molecule has 0 unspecified atom stereocenters. The van der Waals surface area contributed by atoms with Crippen LogP contribution in [0.2, 0.25) is 0 Å². The minimum absolute atomic E-state index is 0.500. The molecule has 0 spiro atoms. The van der Waals surface area contributed by atoms with Crippen LogP contribution in [0.5, 0.6) is 0 Å². The summed E-state index contributed by atoms with van der Waals surface area (Å²) >= 11 is 0. The Labute approximate surface area is 80.0 Å². The van der Waals surface area contributed by atoms with E-state index in [-0.39, 0.29) is 0 Å². The SMILES string of the molecule is CC.CC(C)C(C)(C)C.CNC. The summed E-state index contributed by atoms with van der Waals surface area (Å²) in [5, 5.41) is 2.75. The van der Waals surface area contributed by atoms with Gasteiger partial charge in [-0.25, -0.2) is 0 Å². The molecule has 0 aliphatic carbocycles. The third kappa shape index (κ3) is 22.5. The molecular formula is C11H29N. The van der Waals surface area contributed by atoms with Crippen molar-refractivity contribution in [2.75, 3.05) is 14.1 Å². The second kappa shape index (κ2) is 11.0. The maximum atomic E-state index is 2.75. The Morgan fingerprint density at radius 2 is 1.00 bits per heavy atom. The zero-order chi connectivity index (χ0) is 10.8. The van der Waals surface area contributed by atoms with E-state index in [2.05, 4.69) is 39.9 Å². The highest BCUT2D eigenvalue weighted by atomic mass is 14.7. The Kier molecular flexibility index (Phi) is 16.3. The van der Waals surface area contributed by atoms with Gasteiger partial charge in [0, 0.05) is 0 Å².